The third kappa shape index (κ3) is 1.99. The molecule has 1 heterocycles. The van der Waals surface area contributed by atoms with Crippen molar-refractivity contribution in [3.05, 3.63) is 71.8 Å². The van der Waals surface area contributed by atoms with Gasteiger partial charge in [-0.3, -0.25) is 4.79 Å². The first-order valence-corrected chi connectivity index (χ1v) is 5.85. The topological polar surface area (TPSA) is 33.7 Å². The molecule has 1 fully saturated rings. The number of Topliss-reactive ketones (excluding diaryl/α,β-unsaturated/α-hetero) is 1. The third-order valence-corrected chi connectivity index (χ3v) is 3.21. The van der Waals surface area contributed by atoms with Crippen molar-refractivity contribution in [3.63, 3.8) is 0 Å². The molecular formula is C15H14NO+. The molecule has 0 saturated carbocycles. The Hall–Kier alpha value is -1.93. The van der Waals surface area contributed by atoms with Gasteiger partial charge in [0.25, 0.3) is 0 Å². The maximum Gasteiger partial charge on any atom is 0.226 e. The smallest absolute Gasteiger partial charge is 0.226 e. The number of rotatable bonds is 3. The quantitative estimate of drug-likeness (QED) is 0.623. The lowest BCUT2D eigenvalue weighted by atomic mass is 10.0. The molecule has 2 nitrogen and oxygen atoms in total. The number of ketones is 1. The van der Waals surface area contributed by atoms with Gasteiger partial charge in [-0.1, -0.05) is 60.7 Å². The minimum absolute atomic E-state index is 0.0693. The Morgan fingerprint density at radius 3 is 2.12 bits per heavy atom. The molecule has 2 N–H and O–H groups in total. The molecule has 1 aliphatic heterocycles. The Kier molecular flexibility index (Phi) is 2.50. The molecule has 0 unspecified atom stereocenters. The van der Waals surface area contributed by atoms with E-state index in [1.807, 2.05) is 48.5 Å². The van der Waals surface area contributed by atoms with Crippen LogP contribution in [0, 0.1) is 0 Å². The number of hydrogen-bond acceptors (Lipinski definition) is 1. The van der Waals surface area contributed by atoms with E-state index in [0.29, 0.717) is 6.04 Å². The van der Waals surface area contributed by atoms with E-state index in [1.165, 1.54) is 5.56 Å². The van der Waals surface area contributed by atoms with E-state index in [9.17, 15) is 4.79 Å². The highest BCUT2D eigenvalue weighted by Gasteiger charge is 2.50. The predicted molar refractivity (Wildman–Crippen MR) is 65.7 cm³/mol. The number of nitrogens with two attached hydrogens (primary N) is 1. The van der Waals surface area contributed by atoms with Crippen LogP contribution in [0.25, 0.3) is 0 Å². The molecule has 0 amide bonds. The number of carbonyl (C=O) groups is 1. The second-order valence-corrected chi connectivity index (χ2v) is 4.38. The van der Waals surface area contributed by atoms with Crippen LogP contribution in [0.3, 0.4) is 0 Å². The molecule has 0 spiro atoms. The molecular weight excluding hydrogens is 210 g/mol. The van der Waals surface area contributed by atoms with Crippen LogP contribution in [-0.4, -0.2) is 11.8 Å². The Labute approximate surface area is 100 Å². The van der Waals surface area contributed by atoms with Gasteiger partial charge in [0.15, 0.2) is 6.04 Å². The molecule has 1 saturated heterocycles. The summed E-state index contributed by atoms with van der Waals surface area (Å²) in [4.78, 5) is 12.2. The zero-order valence-corrected chi connectivity index (χ0v) is 9.41. The summed E-state index contributed by atoms with van der Waals surface area (Å²) < 4.78 is 0. The molecule has 1 aliphatic rings. The van der Waals surface area contributed by atoms with Crippen LogP contribution in [-0.2, 0) is 0 Å². The summed E-state index contributed by atoms with van der Waals surface area (Å²) >= 11 is 0. The van der Waals surface area contributed by atoms with Crippen LogP contribution in [0.1, 0.15) is 22.0 Å². The maximum absolute atomic E-state index is 12.2. The van der Waals surface area contributed by atoms with E-state index in [1.54, 1.807) is 0 Å². The molecule has 3 rings (SSSR count). The van der Waals surface area contributed by atoms with Gasteiger partial charge < -0.3 is 5.32 Å². The van der Waals surface area contributed by atoms with Gasteiger partial charge in [-0.2, -0.15) is 0 Å². The molecule has 0 radical (unpaired) electrons. The molecule has 17 heavy (non-hydrogen) atoms. The van der Waals surface area contributed by atoms with E-state index in [-0.39, 0.29) is 11.8 Å². The van der Waals surface area contributed by atoms with Crippen molar-refractivity contribution in [2.24, 2.45) is 0 Å². The van der Waals surface area contributed by atoms with Gasteiger partial charge >= 0.3 is 0 Å². The summed E-state index contributed by atoms with van der Waals surface area (Å²) in [5.41, 5.74) is 2.05. The van der Waals surface area contributed by atoms with Gasteiger partial charge in [-0.15, -0.1) is 0 Å². The molecule has 84 valence electrons. The summed E-state index contributed by atoms with van der Waals surface area (Å²) in [6.07, 6.45) is 0. The van der Waals surface area contributed by atoms with Crippen molar-refractivity contribution in [3.8, 4) is 0 Å². The number of carbonyl (C=O) groups excluding carboxylic acids is 1. The molecule has 0 aromatic heterocycles. The van der Waals surface area contributed by atoms with Crippen LogP contribution in [0.4, 0.5) is 0 Å². The first-order valence-electron chi connectivity index (χ1n) is 5.85. The molecule has 2 heteroatoms. The van der Waals surface area contributed by atoms with E-state index in [0.717, 1.165) is 5.56 Å². The van der Waals surface area contributed by atoms with Crippen LogP contribution in [0.5, 0.6) is 0 Å². The van der Waals surface area contributed by atoms with Crippen molar-refractivity contribution < 1.29 is 10.1 Å². The fourth-order valence-electron chi connectivity index (χ4n) is 2.20. The van der Waals surface area contributed by atoms with Crippen molar-refractivity contribution in [2.45, 2.75) is 12.1 Å². The van der Waals surface area contributed by atoms with Crippen molar-refractivity contribution in [1.82, 2.24) is 0 Å². The monoisotopic (exact) mass is 224 g/mol. The fourth-order valence-corrected chi connectivity index (χ4v) is 2.20. The molecule has 2 aromatic carbocycles. The Morgan fingerprint density at radius 1 is 0.882 bits per heavy atom. The van der Waals surface area contributed by atoms with Crippen molar-refractivity contribution >= 4 is 5.78 Å². The molecule has 0 aliphatic carbocycles. The Morgan fingerprint density at radius 2 is 1.47 bits per heavy atom. The Bertz CT molecular complexity index is 521. The minimum atomic E-state index is 0.0693. The normalized spacial score (nSPS) is 22.1. The van der Waals surface area contributed by atoms with Crippen LogP contribution < -0.4 is 5.32 Å². The second kappa shape index (κ2) is 4.15. The lowest BCUT2D eigenvalue weighted by Crippen LogP contribution is -2.62. The fraction of sp³-hybridized carbons (Fsp3) is 0.133. The summed E-state index contributed by atoms with van der Waals surface area (Å²) in [5.74, 6) is 0.236. The zero-order valence-electron chi connectivity index (χ0n) is 9.41. The highest BCUT2D eigenvalue weighted by Crippen LogP contribution is 2.22. The van der Waals surface area contributed by atoms with E-state index in [2.05, 4.69) is 17.4 Å². The summed E-state index contributed by atoms with van der Waals surface area (Å²) in [5, 5.41) is 2.12. The molecule has 2 aromatic rings. The molecule has 0 bridgehead atoms. The van der Waals surface area contributed by atoms with Crippen LogP contribution >= 0.6 is 0 Å². The van der Waals surface area contributed by atoms with Crippen LogP contribution in [0.2, 0.25) is 0 Å². The SMILES string of the molecule is O=C(c1ccccc1)[C@@H]1[NH2+][C@H]1c1ccccc1. The van der Waals surface area contributed by atoms with E-state index >= 15 is 0 Å². The van der Waals surface area contributed by atoms with E-state index < -0.39 is 0 Å². The van der Waals surface area contributed by atoms with E-state index in [4.69, 9.17) is 0 Å². The average molecular weight is 224 g/mol. The van der Waals surface area contributed by atoms with Crippen LogP contribution in [0.15, 0.2) is 60.7 Å². The summed E-state index contributed by atoms with van der Waals surface area (Å²) in [6.45, 7) is 0. The molecule has 2 atom stereocenters. The van der Waals surface area contributed by atoms with Crippen molar-refractivity contribution in [2.75, 3.05) is 0 Å². The first-order chi connectivity index (χ1) is 8.36. The predicted octanol–water partition coefficient (Wildman–Crippen LogP) is 1.56. The number of hydrogen-bond donors (Lipinski definition) is 1. The van der Waals surface area contributed by atoms with Gasteiger partial charge in [0, 0.05) is 11.1 Å². The van der Waals surface area contributed by atoms with Crippen molar-refractivity contribution in [1.29, 1.82) is 0 Å². The number of benzene rings is 2. The maximum atomic E-state index is 12.2. The Balaban J connectivity index is 1.76. The highest BCUT2D eigenvalue weighted by atomic mass is 16.1. The first kappa shape index (κ1) is 10.2. The minimum Gasteiger partial charge on any atom is -0.320 e. The van der Waals surface area contributed by atoms with Gasteiger partial charge in [0.2, 0.25) is 11.8 Å². The second-order valence-electron chi connectivity index (χ2n) is 4.38. The standard InChI is InChI=1S/C15H13NO/c17-15(12-9-5-2-6-10-12)14-13(16-14)11-7-3-1-4-8-11/h1-10,13-14,16H/p+1/t13-,14+/m0/s1. The third-order valence-electron chi connectivity index (χ3n) is 3.21. The zero-order chi connectivity index (χ0) is 11.7. The van der Waals surface area contributed by atoms with Gasteiger partial charge in [-0.25, -0.2) is 0 Å². The lowest BCUT2D eigenvalue weighted by molar-refractivity contribution is -0.511. The average Bonchev–Trinajstić information content (AvgIpc) is 3.20. The van der Waals surface area contributed by atoms with Gasteiger partial charge in [0.05, 0.1) is 0 Å². The highest BCUT2D eigenvalue weighted by molar-refractivity contribution is 6.00. The number of quaternary nitrogens is 1. The van der Waals surface area contributed by atoms with Gasteiger partial charge in [-0.05, 0) is 0 Å². The largest absolute Gasteiger partial charge is 0.320 e. The summed E-state index contributed by atoms with van der Waals surface area (Å²) in [6, 6.07) is 20.1. The van der Waals surface area contributed by atoms with Gasteiger partial charge in [0.1, 0.15) is 0 Å². The summed E-state index contributed by atoms with van der Waals surface area (Å²) in [7, 11) is 0. The lowest BCUT2D eigenvalue weighted by Gasteiger charge is -1.94.